The Kier molecular flexibility index (Phi) is 5.93. The first-order valence-electron chi connectivity index (χ1n) is 10.0. The number of amides is 2. The van der Waals surface area contributed by atoms with Crippen LogP contribution >= 0.6 is 0 Å². The Bertz CT molecular complexity index is 1000. The molecule has 1 aromatic heterocycles. The third-order valence-electron chi connectivity index (χ3n) is 5.50. The summed E-state index contributed by atoms with van der Waals surface area (Å²) in [4.78, 5) is 27.5. The highest BCUT2D eigenvalue weighted by atomic mass is 19.1. The fourth-order valence-electron chi connectivity index (χ4n) is 3.96. The molecule has 1 aliphatic rings. The van der Waals surface area contributed by atoms with Gasteiger partial charge in [-0.1, -0.05) is 42.5 Å². The summed E-state index contributed by atoms with van der Waals surface area (Å²) < 4.78 is 19.5. The van der Waals surface area contributed by atoms with Crippen LogP contribution in [0.5, 0.6) is 0 Å². The van der Waals surface area contributed by atoms with E-state index in [-0.39, 0.29) is 23.9 Å². The number of nitrogens with one attached hydrogen (secondary N) is 1. The predicted octanol–water partition coefficient (Wildman–Crippen LogP) is 3.98. The molecule has 30 heavy (non-hydrogen) atoms. The van der Waals surface area contributed by atoms with E-state index in [9.17, 15) is 14.0 Å². The molecule has 4 rings (SSSR count). The van der Waals surface area contributed by atoms with Gasteiger partial charge in [0.05, 0.1) is 24.3 Å². The molecule has 0 unspecified atom stereocenters. The van der Waals surface area contributed by atoms with Gasteiger partial charge in [-0.2, -0.15) is 0 Å². The van der Waals surface area contributed by atoms with E-state index in [0.717, 1.165) is 5.56 Å². The van der Waals surface area contributed by atoms with Gasteiger partial charge in [0.2, 0.25) is 5.91 Å². The fraction of sp³-hybridized carbons (Fsp3) is 0.250. The summed E-state index contributed by atoms with van der Waals surface area (Å²) in [6.07, 6.45) is 2.18. The normalized spacial score (nSPS) is 18.8. The van der Waals surface area contributed by atoms with E-state index in [4.69, 9.17) is 4.42 Å². The summed E-state index contributed by atoms with van der Waals surface area (Å²) in [6.45, 7) is 0.985. The predicted molar refractivity (Wildman–Crippen MR) is 110 cm³/mol. The number of nitrogens with zero attached hydrogens (tertiary/aromatic N) is 1. The molecule has 2 heterocycles. The minimum Gasteiger partial charge on any atom is -0.467 e. The van der Waals surface area contributed by atoms with Gasteiger partial charge in [-0.25, -0.2) is 4.39 Å². The van der Waals surface area contributed by atoms with Crippen molar-refractivity contribution in [3.63, 3.8) is 0 Å². The molecular formula is C24H23FN2O3. The van der Waals surface area contributed by atoms with Crippen LogP contribution in [0.25, 0.3) is 0 Å². The Morgan fingerprint density at radius 1 is 1.00 bits per heavy atom. The van der Waals surface area contributed by atoms with E-state index in [1.165, 1.54) is 12.1 Å². The molecule has 154 valence electrons. The van der Waals surface area contributed by atoms with Crippen molar-refractivity contribution in [1.29, 1.82) is 0 Å². The summed E-state index contributed by atoms with van der Waals surface area (Å²) in [7, 11) is 0. The Labute approximate surface area is 174 Å². The number of hydrogen-bond acceptors (Lipinski definition) is 3. The zero-order valence-corrected chi connectivity index (χ0v) is 16.5. The van der Waals surface area contributed by atoms with E-state index in [1.54, 1.807) is 35.4 Å². The Morgan fingerprint density at radius 3 is 2.50 bits per heavy atom. The number of carbonyl (C=O) groups is 2. The largest absolute Gasteiger partial charge is 0.467 e. The number of furan rings is 1. The second-order valence-electron chi connectivity index (χ2n) is 7.53. The van der Waals surface area contributed by atoms with Crippen LogP contribution in [0.4, 0.5) is 4.39 Å². The van der Waals surface area contributed by atoms with Crippen molar-refractivity contribution in [2.75, 3.05) is 13.1 Å². The number of benzene rings is 2. The monoisotopic (exact) mass is 406 g/mol. The lowest BCUT2D eigenvalue weighted by atomic mass is 9.83. The highest BCUT2D eigenvalue weighted by molar-refractivity contribution is 5.95. The zero-order valence-electron chi connectivity index (χ0n) is 16.5. The van der Waals surface area contributed by atoms with Crippen LogP contribution in [-0.2, 0) is 11.3 Å². The average Bonchev–Trinajstić information content (AvgIpc) is 3.31. The van der Waals surface area contributed by atoms with Gasteiger partial charge in [0.15, 0.2) is 0 Å². The van der Waals surface area contributed by atoms with E-state index in [1.807, 2.05) is 30.3 Å². The number of halogens is 1. The maximum Gasteiger partial charge on any atom is 0.256 e. The van der Waals surface area contributed by atoms with Gasteiger partial charge in [-0.3, -0.25) is 9.59 Å². The molecule has 0 bridgehead atoms. The molecular weight excluding hydrogens is 383 g/mol. The Hall–Kier alpha value is -3.41. The molecule has 1 saturated heterocycles. The van der Waals surface area contributed by atoms with E-state index >= 15 is 0 Å². The summed E-state index contributed by atoms with van der Waals surface area (Å²) in [5.74, 6) is -0.818. The number of piperidine rings is 1. The van der Waals surface area contributed by atoms with Crippen LogP contribution in [0.3, 0.4) is 0 Å². The highest BCUT2D eigenvalue weighted by Crippen LogP contribution is 2.31. The topological polar surface area (TPSA) is 62.6 Å². The molecule has 0 saturated carbocycles. The molecule has 2 atom stereocenters. The first kappa shape index (κ1) is 19.9. The van der Waals surface area contributed by atoms with Crippen LogP contribution in [-0.4, -0.2) is 29.8 Å². The minimum atomic E-state index is -0.553. The first-order chi connectivity index (χ1) is 14.6. The van der Waals surface area contributed by atoms with Crippen molar-refractivity contribution in [2.24, 2.45) is 5.92 Å². The van der Waals surface area contributed by atoms with E-state index < -0.39 is 17.6 Å². The number of rotatable bonds is 5. The summed E-state index contributed by atoms with van der Waals surface area (Å²) >= 11 is 0. The van der Waals surface area contributed by atoms with Crippen molar-refractivity contribution < 1.29 is 18.4 Å². The molecule has 0 radical (unpaired) electrons. The van der Waals surface area contributed by atoms with Gasteiger partial charge in [0.1, 0.15) is 11.6 Å². The Morgan fingerprint density at radius 2 is 1.77 bits per heavy atom. The first-order valence-corrected chi connectivity index (χ1v) is 10.0. The molecule has 2 amide bonds. The van der Waals surface area contributed by atoms with E-state index in [2.05, 4.69) is 5.32 Å². The second-order valence-corrected chi connectivity index (χ2v) is 7.53. The third kappa shape index (κ3) is 4.43. The molecule has 5 nitrogen and oxygen atoms in total. The summed E-state index contributed by atoms with van der Waals surface area (Å²) in [6, 6.07) is 19.3. The zero-order chi connectivity index (χ0) is 20.9. The standard InChI is InChI=1S/C24H23FN2O3/c25-22-11-5-4-10-21(22)24(29)27-15-18(17-7-2-1-3-8-17)13-19(16-27)23(28)26-14-20-9-6-12-30-20/h1-12,18-19H,13-16H2,(H,26,28)/t18-,19+/m0/s1. The van der Waals surface area contributed by atoms with Crippen LogP contribution in [0, 0.1) is 11.7 Å². The minimum absolute atomic E-state index is 0.00460. The molecule has 0 aliphatic carbocycles. The molecule has 1 aliphatic heterocycles. The van der Waals surface area contributed by atoms with Crippen molar-refractivity contribution in [3.05, 3.63) is 95.7 Å². The number of hydrogen-bond donors (Lipinski definition) is 1. The van der Waals surface area contributed by atoms with Gasteiger partial charge in [-0.05, 0) is 36.2 Å². The number of likely N-dealkylation sites (tertiary alicyclic amines) is 1. The van der Waals surface area contributed by atoms with Crippen LogP contribution in [0.1, 0.15) is 34.0 Å². The molecule has 3 aromatic rings. The molecule has 2 aromatic carbocycles. The SMILES string of the molecule is O=C(NCc1ccco1)[C@@H]1C[C@H](c2ccccc2)CN(C(=O)c2ccccc2F)C1. The van der Waals surface area contributed by atoms with Gasteiger partial charge < -0.3 is 14.6 Å². The van der Waals surface area contributed by atoms with Gasteiger partial charge in [-0.15, -0.1) is 0 Å². The quantitative estimate of drug-likeness (QED) is 0.697. The summed E-state index contributed by atoms with van der Waals surface area (Å²) in [5, 5.41) is 2.89. The number of carbonyl (C=O) groups excluding carboxylic acids is 2. The van der Waals surface area contributed by atoms with Crippen LogP contribution < -0.4 is 5.32 Å². The maximum absolute atomic E-state index is 14.2. The van der Waals surface area contributed by atoms with Gasteiger partial charge in [0.25, 0.3) is 5.91 Å². The van der Waals surface area contributed by atoms with E-state index in [0.29, 0.717) is 25.3 Å². The third-order valence-corrected chi connectivity index (χ3v) is 5.50. The lowest BCUT2D eigenvalue weighted by molar-refractivity contribution is -0.126. The second kappa shape index (κ2) is 8.95. The lowest BCUT2D eigenvalue weighted by Crippen LogP contribution is -2.48. The van der Waals surface area contributed by atoms with Crippen molar-refractivity contribution >= 4 is 11.8 Å². The van der Waals surface area contributed by atoms with Crippen molar-refractivity contribution in [1.82, 2.24) is 10.2 Å². The fourth-order valence-corrected chi connectivity index (χ4v) is 3.96. The summed E-state index contributed by atoms with van der Waals surface area (Å²) in [5.41, 5.74) is 1.09. The van der Waals surface area contributed by atoms with Gasteiger partial charge >= 0.3 is 0 Å². The highest BCUT2D eigenvalue weighted by Gasteiger charge is 2.35. The molecule has 1 fully saturated rings. The maximum atomic E-state index is 14.2. The van der Waals surface area contributed by atoms with Gasteiger partial charge in [0, 0.05) is 19.0 Å². The average molecular weight is 406 g/mol. The smallest absolute Gasteiger partial charge is 0.256 e. The molecule has 6 heteroatoms. The van der Waals surface area contributed by atoms with Crippen LogP contribution in [0.15, 0.2) is 77.4 Å². The van der Waals surface area contributed by atoms with Crippen LogP contribution in [0.2, 0.25) is 0 Å². The Balaban J connectivity index is 1.54. The van der Waals surface area contributed by atoms with Crippen molar-refractivity contribution in [3.8, 4) is 0 Å². The van der Waals surface area contributed by atoms with Crippen molar-refractivity contribution in [2.45, 2.75) is 18.9 Å². The molecule has 1 N–H and O–H groups in total. The lowest BCUT2D eigenvalue weighted by Gasteiger charge is -2.37. The molecule has 0 spiro atoms.